The van der Waals surface area contributed by atoms with Gasteiger partial charge in [0.25, 0.3) is 0 Å². The van der Waals surface area contributed by atoms with Gasteiger partial charge in [-0.05, 0) is 30.7 Å². The van der Waals surface area contributed by atoms with E-state index in [0.717, 1.165) is 10.0 Å². The van der Waals surface area contributed by atoms with Crippen molar-refractivity contribution < 1.29 is 14.1 Å². The van der Waals surface area contributed by atoms with Crippen LogP contribution in [-0.4, -0.2) is 18.2 Å². The zero-order chi connectivity index (χ0) is 13.1. The van der Waals surface area contributed by atoms with Gasteiger partial charge in [-0.3, -0.25) is 0 Å². The molecule has 0 amide bonds. The monoisotopic (exact) mass is 309 g/mol. The second kappa shape index (κ2) is 5.35. The van der Waals surface area contributed by atoms with E-state index in [-0.39, 0.29) is 0 Å². The molecule has 0 aliphatic carbocycles. The molecule has 4 nitrogen and oxygen atoms in total. The second-order valence-corrected chi connectivity index (χ2v) is 4.60. The molecule has 0 atom stereocenters. The lowest BCUT2D eigenvalue weighted by molar-refractivity contribution is 0.0600. The van der Waals surface area contributed by atoms with E-state index in [1.807, 2.05) is 31.2 Å². The van der Waals surface area contributed by atoms with Crippen LogP contribution < -0.4 is 0 Å². The average Bonchev–Trinajstić information content (AvgIpc) is 2.82. The summed E-state index contributed by atoms with van der Waals surface area (Å²) in [7, 11) is 1.35. The van der Waals surface area contributed by atoms with Crippen LogP contribution in [0, 0.1) is 0 Å². The molecule has 0 aliphatic rings. The Morgan fingerprint density at radius 3 is 2.61 bits per heavy atom. The Kier molecular flexibility index (Phi) is 3.81. The number of rotatable bonds is 3. The predicted molar refractivity (Wildman–Crippen MR) is 70.4 cm³/mol. The Morgan fingerprint density at radius 1 is 1.39 bits per heavy atom. The minimum absolute atomic E-state index is 0.405. The first-order valence-corrected chi connectivity index (χ1v) is 6.29. The van der Waals surface area contributed by atoms with Crippen molar-refractivity contribution in [3.63, 3.8) is 0 Å². The number of nitrogens with zero attached hydrogens (tertiary/aromatic N) is 1. The molecule has 0 N–H and O–H groups in total. The number of hydrogen-bond donors (Lipinski definition) is 0. The number of ether oxygens (including phenoxy) is 1. The Balaban J connectivity index is 2.54. The maximum absolute atomic E-state index is 11.8. The number of aromatic nitrogens is 1. The summed E-state index contributed by atoms with van der Waals surface area (Å²) >= 11 is 3.36. The van der Waals surface area contributed by atoms with E-state index in [9.17, 15) is 4.79 Å². The van der Waals surface area contributed by atoms with Crippen molar-refractivity contribution in [1.29, 1.82) is 0 Å². The highest BCUT2D eigenvalue weighted by Gasteiger charge is 2.23. The third kappa shape index (κ3) is 2.31. The number of carbonyl (C=O) groups is 1. The van der Waals surface area contributed by atoms with Crippen molar-refractivity contribution in [3.05, 3.63) is 40.0 Å². The number of methoxy groups -OCH3 is 1. The van der Waals surface area contributed by atoms with Gasteiger partial charge in [0.05, 0.1) is 12.8 Å². The van der Waals surface area contributed by atoms with Gasteiger partial charge in [-0.15, -0.1) is 0 Å². The van der Waals surface area contributed by atoms with Crippen molar-refractivity contribution in [2.45, 2.75) is 13.3 Å². The van der Waals surface area contributed by atoms with Gasteiger partial charge in [0.2, 0.25) is 0 Å². The fraction of sp³-hybridized carbons (Fsp3) is 0.231. The first-order valence-electron chi connectivity index (χ1n) is 5.50. The molecule has 5 heteroatoms. The summed E-state index contributed by atoms with van der Waals surface area (Å²) in [5, 5.41) is 3.91. The average molecular weight is 310 g/mol. The Hall–Kier alpha value is -1.62. The second-order valence-electron chi connectivity index (χ2n) is 3.69. The molecule has 2 rings (SSSR count). The highest BCUT2D eigenvalue weighted by molar-refractivity contribution is 9.10. The number of carbonyl (C=O) groups excluding carboxylic acids is 1. The Morgan fingerprint density at radius 2 is 2.06 bits per heavy atom. The van der Waals surface area contributed by atoms with Crippen LogP contribution in [0.2, 0.25) is 0 Å². The molecule has 0 aliphatic heterocycles. The number of aryl methyl sites for hydroxylation is 1. The maximum Gasteiger partial charge on any atom is 0.343 e. The van der Waals surface area contributed by atoms with Crippen LogP contribution in [0.5, 0.6) is 0 Å². The molecule has 0 fully saturated rings. The number of benzene rings is 1. The fourth-order valence-corrected chi connectivity index (χ4v) is 1.94. The van der Waals surface area contributed by atoms with Gasteiger partial charge in [-0.2, -0.15) is 0 Å². The highest BCUT2D eigenvalue weighted by Crippen LogP contribution is 2.28. The molecule has 1 aromatic heterocycles. The van der Waals surface area contributed by atoms with Gasteiger partial charge in [0.15, 0.2) is 5.76 Å². The zero-order valence-corrected chi connectivity index (χ0v) is 11.7. The van der Waals surface area contributed by atoms with Gasteiger partial charge in [-0.25, -0.2) is 4.79 Å². The summed E-state index contributed by atoms with van der Waals surface area (Å²) in [6, 6.07) is 7.47. The van der Waals surface area contributed by atoms with Crippen molar-refractivity contribution in [2.75, 3.05) is 7.11 Å². The van der Waals surface area contributed by atoms with Crippen LogP contribution in [0.4, 0.5) is 0 Å². The van der Waals surface area contributed by atoms with Gasteiger partial charge >= 0.3 is 5.97 Å². The smallest absolute Gasteiger partial charge is 0.343 e. The van der Waals surface area contributed by atoms with Gasteiger partial charge in [0.1, 0.15) is 5.56 Å². The van der Waals surface area contributed by atoms with Crippen LogP contribution in [-0.2, 0) is 11.2 Å². The number of esters is 1. The quantitative estimate of drug-likeness (QED) is 0.815. The van der Waals surface area contributed by atoms with Crippen LogP contribution >= 0.6 is 15.9 Å². The molecule has 0 spiro atoms. The topological polar surface area (TPSA) is 52.3 Å². The van der Waals surface area contributed by atoms with E-state index in [0.29, 0.717) is 23.4 Å². The number of halogens is 1. The van der Waals surface area contributed by atoms with Crippen molar-refractivity contribution in [3.8, 4) is 11.3 Å². The van der Waals surface area contributed by atoms with E-state index >= 15 is 0 Å². The lowest BCUT2D eigenvalue weighted by Crippen LogP contribution is -2.05. The minimum atomic E-state index is -0.425. The summed E-state index contributed by atoms with van der Waals surface area (Å²) in [5.74, 6) is 0.0252. The minimum Gasteiger partial charge on any atom is -0.465 e. The lowest BCUT2D eigenvalue weighted by atomic mass is 10.1. The molecular weight excluding hydrogens is 298 g/mol. The third-order valence-corrected chi connectivity index (χ3v) is 3.12. The molecule has 0 saturated carbocycles. The van der Waals surface area contributed by atoms with Crippen molar-refractivity contribution in [2.24, 2.45) is 0 Å². The first-order chi connectivity index (χ1) is 8.67. The molecule has 1 heterocycles. The summed E-state index contributed by atoms with van der Waals surface area (Å²) in [6.45, 7) is 1.91. The summed E-state index contributed by atoms with van der Waals surface area (Å²) in [4.78, 5) is 11.8. The van der Waals surface area contributed by atoms with Crippen LogP contribution in [0.25, 0.3) is 11.3 Å². The molecule has 0 unspecified atom stereocenters. The summed E-state index contributed by atoms with van der Waals surface area (Å²) < 4.78 is 11.0. The normalized spacial score (nSPS) is 10.4. The molecular formula is C13H12BrNO3. The molecule has 94 valence electrons. The van der Waals surface area contributed by atoms with Gasteiger partial charge in [-0.1, -0.05) is 28.0 Å². The van der Waals surface area contributed by atoms with Crippen molar-refractivity contribution in [1.82, 2.24) is 5.16 Å². The van der Waals surface area contributed by atoms with Crippen LogP contribution in [0.15, 0.2) is 33.3 Å². The number of hydrogen-bond acceptors (Lipinski definition) is 4. The highest BCUT2D eigenvalue weighted by atomic mass is 79.9. The summed E-state index contributed by atoms with van der Waals surface area (Å²) in [6.07, 6.45) is 0.616. The zero-order valence-electron chi connectivity index (χ0n) is 10.1. The van der Waals surface area contributed by atoms with Gasteiger partial charge < -0.3 is 9.26 Å². The largest absolute Gasteiger partial charge is 0.465 e. The molecule has 0 radical (unpaired) electrons. The fourth-order valence-electron chi connectivity index (χ4n) is 1.68. The first kappa shape index (κ1) is 12.8. The van der Waals surface area contributed by atoms with E-state index in [4.69, 9.17) is 9.26 Å². The molecule has 18 heavy (non-hydrogen) atoms. The summed E-state index contributed by atoms with van der Waals surface area (Å²) in [5.41, 5.74) is 1.81. The van der Waals surface area contributed by atoms with E-state index in [1.54, 1.807) is 0 Å². The Bertz CT molecular complexity index is 560. The van der Waals surface area contributed by atoms with E-state index in [2.05, 4.69) is 21.1 Å². The molecule has 1 aromatic carbocycles. The Labute approximate surface area is 113 Å². The SMILES string of the molecule is CCc1noc(-c2ccc(Br)cc2)c1C(=O)OC. The van der Waals surface area contributed by atoms with Crippen molar-refractivity contribution >= 4 is 21.9 Å². The predicted octanol–water partition coefficient (Wildman–Crippen LogP) is 3.45. The van der Waals surface area contributed by atoms with Gasteiger partial charge in [0, 0.05) is 10.0 Å². The molecule has 2 aromatic rings. The van der Waals surface area contributed by atoms with E-state index < -0.39 is 5.97 Å². The lowest BCUT2D eigenvalue weighted by Gasteiger charge is -2.01. The standard InChI is InChI=1S/C13H12BrNO3/c1-3-10-11(13(16)17-2)12(18-15-10)8-4-6-9(14)7-5-8/h4-7H,3H2,1-2H3. The van der Waals surface area contributed by atoms with Crippen LogP contribution in [0.3, 0.4) is 0 Å². The maximum atomic E-state index is 11.8. The molecule has 0 bridgehead atoms. The van der Waals surface area contributed by atoms with E-state index in [1.165, 1.54) is 7.11 Å². The molecule has 0 saturated heterocycles. The third-order valence-electron chi connectivity index (χ3n) is 2.59. The van der Waals surface area contributed by atoms with Crippen LogP contribution in [0.1, 0.15) is 23.0 Å².